The van der Waals surface area contributed by atoms with Gasteiger partial charge in [0.05, 0.1) is 6.54 Å². The summed E-state index contributed by atoms with van der Waals surface area (Å²) in [7, 11) is 0. The lowest BCUT2D eigenvalue weighted by Crippen LogP contribution is -2.51. The second kappa shape index (κ2) is 9.20. The minimum Gasteiger partial charge on any atom is -0.354 e. The number of carbonyl (C=O) groups excluding carboxylic acids is 2. The Hall–Kier alpha value is -1.59. The maximum Gasteiger partial charge on any atom is 0.242 e. The highest BCUT2D eigenvalue weighted by atomic mass is 35.5. The molecule has 1 aromatic rings. The summed E-state index contributed by atoms with van der Waals surface area (Å²) in [6.07, 6.45) is 4.30. The van der Waals surface area contributed by atoms with Crippen LogP contribution in [0.25, 0.3) is 0 Å². The van der Waals surface area contributed by atoms with Gasteiger partial charge in [-0.3, -0.25) is 14.9 Å². The van der Waals surface area contributed by atoms with Crippen molar-refractivity contribution in [2.24, 2.45) is 0 Å². The molecule has 1 aromatic carbocycles. The van der Waals surface area contributed by atoms with Crippen molar-refractivity contribution in [2.45, 2.75) is 57.5 Å². The SMILES string of the molecule is CCC(CC)(NCC(=O)NC1CCCCNC1=O)c1ccc(Cl)cc1. The third-order valence-electron chi connectivity index (χ3n) is 5.06. The van der Waals surface area contributed by atoms with E-state index in [0.29, 0.717) is 18.0 Å². The molecule has 1 aliphatic heterocycles. The van der Waals surface area contributed by atoms with Gasteiger partial charge in [0.15, 0.2) is 0 Å². The topological polar surface area (TPSA) is 70.2 Å². The average Bonchev–Trinajstić information content (AvgIpc) is 2.82. The fourth-order valence-electron chi connectivity index (χ4n) is 3.35. The maximum atomic E-state index is 12.4. The molecule has 1 unspecified atom stereocenters. The first-order valence-corrected chi connectivity index (χ1v) is 9.46. The van der Waals surface area contributed by atoms with Crippen LogP contribution in [0.1, 0.15) is 51.5 Å². The molecule has 1 atom stereocenters. The molecular weight excluding hydrogens is 338 g/mol. The molecule has 0 aliphatic carbocycles. The normalized spacial score (nSPS) is 18.4. The zero-order valence-corrected chi connectivity index (χ0v) is 15.8. The third-order valence-corrected chi connectivity index (χ3v) is 5.31. The number of hydrogen-bond donors (Lipinski definition) is 3. The summed E-state index contributed by atoms with van der Waals surface area (Å²) >= 11 is 5.99. The number of hydrogen-bond acceptors (Lipinski definition) is 3. The average molecular weight is 366 g/mol. The van der Waals surface area contributed by atoms with Crippen molar-refractivity contribution in [3.63, 3.8) is 0 Å². The molecule has 1 saturated heterocycles. The van der Waals surface area contributed by atoms with Crippen LogP contribution in [0.2, 0.25) is 5.02 Å². The van der Waals surface area contributed by atoms with Crippen LogP contribution in [0.4, 0.5) is 0 Å². The largest absolute Gasteiger partial charge is 0.354 e. The fourth-order valence-corrected chi connectivity index (χ4v) is 3.48. The van der Waals surface area contributed by atoms with Crippen molar-refractivity contribution in [1.29, 1.82) is 0 Å². The Kier molecular flexibility index (Phi) is 7.26. The third kappa shape index (κ3) is 5.19. The van der Waals surface area contributed by atoms with Crippen molar-refractivity contribution in [1.82, 2.24) is 16.0 Å². The van der Waals surface area contributed by atoms with Crippen LogP contribution in [0.3, 0.4) is 0 Å². The van der Waals surface area contributed by atoms with Gasteiger partial charge in [0.2, 0.25) is 11.8 Å². The van der Waals surface area contributed by atoms with Gasteiger partial charge in [-0.1, -0.05) is 37.6 Å². The van der Waals surface area contributed by atoms with Gasteiger partial charge in [0, 0.05) is 17.1 Å². The molecule has 1 aliphatic rings. The zero-order valence-electron chi connectivity index (χ0n) is 15.0. The number of carbonyl (C=O) groups is 2. The molecule has 138 valence electrons. The van der Waals surface area contributed by atoms with E-state index in [4.69, 9.17) is 11.6 Å². The van der Waals surface area contributed by atoms with E-state index in [-0.39, 0.29) is 23.9 Å². The second-order valence-electron chi connectivity index (χ2n) is 6.56. The summed E-state index contributed by atoms with van der Waals surface area (Å²) in [5, 5.41) is 9.79. The molecule has 25 heavy (non-hydrogen) atoms. The van der Waals surface area contributed by atoms with Crippen LogP contribution >= 0.6 is 11.6 Å². The van der Waals surface area contributed by atoms with Gasteiger partial charge in [-0.05, 0) is 49.8 Å². The van der Waals surface area contributed by atoms with Crippen LogP contribution in [-0.4, -0.2) is 30.9 Å². The Bertz CT molecular complexity index is 585. The lowest BCUT2D eigenvalue weighted by atomic mass is 9.84. The highest BCUT2D eigenvalue weighted by molar-refractivity contribution is 6.30. The number of halogens is 1. The monoisotopic (exact) mass is 365 g/mol. The van der Waals surface area contributed by atoms with Gasteiger partial charge in [0.25, 0.3) is 0 Å². The molecule has 0 saturated carbocycles. The number of nitrogens with one attached hydrogen (secondary N) is 3. The lowest BCUT2D eigenvalue weighted by Gasteiger charge is -2.34. The summed E-state index contributed by atoms with van der Waals surface area (Å²) in [6.45, 7) is 5.06. The van der Waals surface area contributed by atoms with Crippen LogP contribution < -0.4 is 16.0 Å². The Morgan fingerprint density at radius 3 is 2.56 bits per heavy atom. The van der Waals surface area contributed by atoms with Crippen LogP contribution in [-0.2, 0) is 15.1 Å². The van der Waals surface area contributed by atoms with E-state index in [1.165, 1.54) is 0 Å². The molecule has 0 aromatic heterocycles. The summed E-state index contributed by atoms with van der Waals surface area (Å²) in [5.41, 5.74) is 0.829. The van der Waals surface area contributed by atoms with Gasteiger partial charge in [-0.25, -0.2) is 0 Å². The van der Waals surface area contributed by atoms with E-state index >= 15 is 0 Å². The molecule has 0 radical (unpaired) electrons. The van der Waals surface area contributed by atoms with Crippen molar-refractivity contribution < 1.29 is 9.59 Å². The van der Waals surface area contributed by atoms with Crippen LogP contribution in [0, 0.1) is 0 Å². The number of benzene rings is 1. The van der Waals surface area contributed by atoms with Crippen molar-refractivity contribution in [2.75, 3.05) is 13.1 Å². The highest BCUT2D eigenvalue weighted by Gasteiger charge is 2.29. The summed E-state index contributed by atoms with van der Waals surface area (Å²) in [6, 6.07) is 7.31. The summed E-state index contributed by atoms with van der Waals surface area (Å²) in [5.74, 6) is -0.233. The van der Waals surface area contributed by atoms with Gasteiger partial charge in [-0.15, -0.1) is 0 Å². The van der Waals surface area contributed by atoms with Crippen molar-refractivity contribution >= 4 is 23.4 Å². The Morgan fingerprint density at radius 1 is 1.24 bits per heavy atom. The Balaban J connectivity index is 1.99. The van der Waals surface area contributed by atoms with E-state index in [9.17, 15) is 9.59 Å². The first-order chi connectivity index (χ1) is 12.0. The van der Waals surface area contributed by atoms with E-state index in [2.05, 4.69) is 29.8 Å². The molecule has 0 bridgehead atoms. The Morgan fingerprint density at radius 2 is 1.92 bits per heavy atom. The first kappa shape index (κ1) is 19.7. The number of rotatable bonds is 7. The van der Waals surface area contributed by atoms with E-state index in [1.54, 1.807) is 0 Å². The minimum absolute atomic E-state index is 0.0826. The molecule has 0 spiro atoms. The standard InChI is InChI=1S/C19H28ClN3O2/c1-3-19(4-2,14-8-10-15(20)11-9-14)22-13-17(24)23-16-7-5-6-12-21-18(16)25/h8-11,16,22H,3-7,12-13H2,1-2H3,(H,21,25)(H,23,24). The second-order valence-corrected chi connectivity index (χ2v) is 6.99. The van der Waals surface area contributed by atoms with Crippen molar-refractivity contribution in [3.05, 3.63) is 34.9 Å². The number of amides is 2. The quantitative estimate of drug-likeness (QED) is 0.695. The molecule has 5 nitrogen and oxygen atoms in total. The van der Waals surface area contributed by atoms with Gasteiger partial charge >= 0.3 is 0 Å². The minimum atomic E-state index is -0.426. The molecule has 2 rings (SSSR count). The van der Waals surface area contributed by atoms with E-state index in [0.717, 1.165) is 31.2 Å². The van der Waals surface area contributed by atoms with Gasteiger partial charge < -0.3 is 10.6 Å². The lowest BCUT2D eigenvalue weighted by molar-refractivity contribution is -0.128. The van der Waals surface area contributed by atoms with Crippen LogP contribution in [0.5, 0.6) is 0 Å². The smallest absolute Gasteiger partial charge is 0.242 e. The van der Waals surface area contributed by atoms with Gasteiger partial charge in [-0.2, -0.15) is 0 Å². The molecule has 6 heteroatoms. The van der Waals surface area contributed by atoms with Crippen molar-refractivity contribution in [3.8, 4) is 0 Å². The van der Waals surface area contributed by atoms with E-state index < -0.39 is 6.04 Å². The van der Waals surface area contributed by atoms with E-state index in [1.807, 2.05) is 24.3 Å². The predicted molar refractivity (Wildman–Crippen MR) is 101 cm³/mol. The maximum absolute atomic E-state index is 12.4. The first-order valence-electron chi connectivity index (χ1n) is 9.09. The molecule has 3 N–H and O–H groups in total. The summed E-state index contributed by atoms with van der Waals surface area (Å²) in [4.78, 5) is 24.3. The highest BCUT2D eigenvalue weighted by Crippen LogP contribution is 2.29. The Labute approximate surface area is 154 Å². The fraction of sp³-hybridized carbons (Fsp3) is 0.579. The van der Waals surface area contributed by atoms with Crippen LogP contribution in [0.15, 0.2) is 24.3 Å². The molecular formula is C19H28ClN3O2. The molecule has 2 amide bonds. The molecule has 1 fully saturated rings. The summed E-state index contributed by atoms with van der Waals surface area (Å²) < 4.78 is 0. The molecule has 1 heterocycles. The zero-order chi connectivity index (χ0) is 18.3. The predicted octanol–water partition coefficient (Wildman–Crippen LogP) is 2.73. The van der Waals surface area contributed by atoms with Gasteiger partial charge in [0.1, 0.15) is 6.04 Å².